The Bertz CT molecular complexity index is 845. The van der Waals surface area contributed by atoms with Gasteiger partial charge in [-0.1, -0.05) is 23.2 Å². The molecule has 0 amide bonds. The normalized spacial score (nSPS) is 10.8. The lowest BCUT2D eigenvalue weighted by Gasteiger charge is -1.99. The summed E-state index contributed by atoms with van der Waals surface area (Å²) in [6.45, 7) is 0. The van der Waals surface area contributed by atoms with Crippen molar-refractivity contribution >= 4 is 34.8 Å². The summed E-state index contributed by atoms with van der Waals surface area (Å²) in [5.41, 5.74) is 1.55. The van der Waals surface area contributed by atoms with Crippen LogP contribution in [0.15, 0.2) is 36.5 Å². The third-order valence-electron chi connectivity index (χ3n) is 2.93. The van der Waals surface area contributed by atoms with Gasteiger partial charge in [0.15, 0.2) is 11.5 Å². The van der Waals surface area contributed by atoms with E-state index in [-0.39, 0.29) is 0 Å². The number of hydrogen-bond donors (Lipinski definition) is 0. The minimum absolute atomic E-state index is 0.404. The lowest BCUT2D eigenvalue weighted by Crippen LogP contribution is -2.02. The van der Waals surface area contributed by atoms with E-state index in [1.54, 1.807) is 41.0 Å². The van der Waals surface area contributed by atoms with Gasteiger partial charge in [-0.25, -0.2) is 14.3 Å². The summed E-state index contributed by atoms with van der Waals surface area (Å²) in [6.07, 6.45) is 1.64. The maximum Gasteiger partial charge on any atom is 0.338 e. The predicted octanol–water partition coefficient (Wildman–Crippen LogP) is 3.49. The summed E-state index contributed by atoms with van der Waals surface area (Å²) in [7, 11) is 1.33. The summed E-state index contributed by atoms with van der Waals surface area (Å²) in [5, 5.41) is 5.37. The van der Waals surface area contributed by atoms with Crippen molar-refractivity contribution in [2.24, 2.45) is 0 Å². The molecule has 0 spiro atoms. The van der Waals surface area contributed by atoms with Crippen molar-refractivity contribution < 1.29 is 9.53 Å². The van der Waals surface area contributed by atoms with Crippen molar-refractivity contribution in [3.05, 3.63) is 52.1 Å². The van der Waals surface area contributed by atoms with Crippen molar-refractivity contribution in [2.75, 3.05) is 7.11 Å². The van der Waals surface area contributed by atoms with E-state index >= 15 is 0 Å². The van der Waals surface area contributed by atoms with Crippen molar-refractivity contribution in [1.82, 2.24) is 14.6 Å². The molecule has 0 radical (unpaired) electrons. The van der Waals surface area contributed by atoms with E-state index in [0.717, 1.165) is 0 Å². The molecule has 3 aromatic rings. The topological polar surface area (TPSA) is 56.5 Å². The summed E-state index contributed by atoms with van der Waals surface area (Å²) in [5.74, 6) is 0.00681. The third-order valence-corrected chi connectivity index (χ3v) is 3.49. The number of halogens is 2. The number of ether oxygens (including phenoxy) is 1. The highest BCUT2D eigenvalue weighted by molar-refractivity contribution is 6.35. The Labute approximate surface area is 130 Å². The second kappa shape index (κ2) is 5.35. The molecule has 21 heavy (non-hydrogen) atoms. The molecule has 0 bridgehead atoms. The molecule has 0 unspecified atom stereocenters. The number of pyridine rings is 1. The average molecular weight is 322 g/mol. The minimum atomic E-state index is -0.428. The van der Waals surface area contributed by atoms with Gasteiger partial charge in [-0.3, -0.25) is 0 Å². The lowest BCUT2D eigenvalue weighted by atomic mass is 10.2. The van der Waals surface area contributed by atoms with Gasteiger partial charge in [-0.2, -0.15) is 0 Å². The molecule has 0 aliphatic rings. The summed E-state index contributed by atoms with van der Waals surface area (Å²) in [6, 6.07) is 8.28. The van der Waals surface area contributed by atoms with Gasteiger partial charge in [-0.15, -0.1) is 5.10 Å². The lowest BCUT2D eigenvalue weighted by molar-refractivity contribution is 0.0600. The van der Waals surface area contributed by atoms with E-state index in [9.17, 15) is 4.79 Å². The van der Waals surface area contributed by atoms with Gasteiger partial charge in [0.1, 0.15) is 0 Å². The van der Waals surface area contributed by atoms with Crippen LogP contribution in [-0.4, -0.2) is 27.7 Å². The standard InChI is InChI=1S/C14H9Cl2N3O2/c1-21-14(20)8-4-5-19-12(6-8)17-13(18-19)10-7-9(15)2-3-11(10)16/h2-7H,1H3. The van der Waals surface area contributed by atoms with Crippen LogP contribution in [0.1, 0.15) is 10.4 Å². The zero-order valence-corrected chi connectivity index (χ0v) is 12.4. The van der Waals surface area contributed by atoms with Gasteiger partial charge < -0.3 is 4.74 Å². The van der Waals surface area contributed by atoms with E-state index in [2.05, 4.69) is 14.8 Å². The molecule has 3 rings (SSSR count). The number of carbonyl (C=O) groups is 1. The number of hydrogen-bond acceptors (Lipinski definition) is 4. The summed E-state index contributed by atoms with van der Waals surface area (Å²) in [4.78, 5) is 15.9. The molecule has 5 nitrogen and oxygen atoms in total. The molecular weight excluding hydrogens is 313 g/mol. The number of aromatic nitrogens is 3. The predicted molar refractivity (Wildman–Crippen MR) is 79.8 cm³/mol. The van der Waals surface area contributed by atoms with Crippen LogP contribution in [0.3, 0.4) is 0 Å². The van der Waals surface area contributed by atoms with Crippen LogP contribution in [0, 0.1) is 0 Å². The number of carbonyl (C=O) groups excluding carboxylic acids is 1. The van der Waals surface area contributed by atoms with Crippen LogP contribution in [0.2, 0.25) is 10.0 Å². The summed E-state index contributed by atoms with van der Waals surface area (Å²) >= 11 is 12.1. The monoisotopic (exact) mass is 321 g/mol. The molecule has 0 saturated carbocycles. The Morgan fingerprint density at radius 2 is 2.05 bits per heavy atom. The molecule has 2 aromatic heterocycles. The maximum absolute atomic E-state index is 11.5. The molecule has 0 aliphatic heterocycles. The highest BCUT2D eigenvalue weighted by Crippen LogP contribution is 2.28. The fourth-order valence-electron chi connectivity index (χ4n) is 1.91. The van der Waals surface area contributed by atoms with E-state index in [1.165, 1.54) is 7.11 Å². The van der Waals surface area contributed by atoms with Crippen LogP contribution < -0.4 is 0 Å². The largest absolute Gasteiger partial charge is 0.465 e. The fraction of sp³-hybridized carbons (Fsp3) is 0.0714. The Balaban J connectivity index is 2.13. The third kappa shape index (κ3) is 2.57. The van der Waals surface area contributed by atoms with Crippen molar-refractivity contribution in [2.45, 2.75) is 0 Å². The number of benzene rings is 1. The molecule has 106 valence electrons. The molecule has 0 fully saturated rings. The molecular formula is C14H9Cl2N3O2. The second-order valence-electron chi connectivity index (χ2n) is 4.27. The number of nitrogens with zero attached hydrogens (tertiary/aromatic N) is 3. The SMILES string of the molecule is COC(=O)c1ccn2nc(-c3cc(Cl)ccc3Cl)nc2c1. The summed E-state index contributed by atoms with van der Waals surface area (Å²) < 4.78 is 6.23. The Morgan fingerprint density at radius 3 is 2.81 bits per heavy atom. The van der Waals surface area contributed by atoms with Gasteiger partial charge in [-0.05, 0) is 30.3 Å². The van der Waals surface area contributed by atoms with Gasteiger partial charge in [0, 0.05) is 16.8 Å². The van der Waals surface area contributed by atoms with Gasteiger partial charge in [0.05, 0.1) is 17.7 Å². The zero-order chi connectivity index (χ0) is 15.0. The molecule has 1 aromatic carbocycles. The number of methoxy groups -OCH3 is 1. The Morgan fingerprint density at radius 1 is 1.24 bits per heavy atom. The van der Waals surface area contributed by atoms with Gasteiger partial charge >= 0.3 is 5.97 Å². The number of fused-ring (bicyclic) bond motifs is 1. The van der Waals surface area contributed by atoms with Crippen LogP contribution in [0.4, 0.5) is 0 Å². The first-order valence-corrected chi connectivity index (χ1v) is 6.74. The molecule has 7 heteroatoms. The van der Waals surface area contributed by atoms with Crippen LogP contribution >= 0.6 is 23.2 Å². The Kier molecular flexibility index (Phi) is 3.53. The quantitative estimate of drug-likeness (QED) is 0.678. The first-order chi connectivity index (χ1) is 10.1. The molecule has 0 N–H and O–H groups in total. The van der Waals surface area contributed by atoms with E-state index in [0.29, 0.717) is 32.6 Å². The van der Waals surface area contributed by atoms with Crippen molar-refractivity contribution in [3.63, 3.8) is 0 Å². The number of esters is 1. The van der Waals surface area contributed by atoms with E-state index in [1.807, 2.05) is 0 Å². The maximum atomic E-state index is 11.5. The van der Waals surface area contributed by atoms with Crippen LogP contribution in [0.25, 0.3) is 17.0 Å². The van der Waals surface area contributed by atoms with Crippen LogP contribution in [-0.2, 0) is 4.74 Å². The van der Waals surface area contributed by atoms with Gasteiger partial charge in [0.25, 0.3) is 0 Å². The highest BCUT2D eigenvalue weighted by Gasteiger charge is 2.13. The van der Waals surface area contributed by atoms with Crippen LogP contribution in [0.5, 0.6) is 0 Å². The first kappa shape index (κ1) is 13.9. The zero-order valence-electron chi connectivity index (χ0n) is 10.9. The van der Waals surface area contributed by atoms with E-state index < -0.39 is 5.97 Å². The van der Waals surface area contributed by atoms with Crippen molar-refractivity contribution in [1.29, 1.82) is 0 Å². The molecule has 0 saturated heterocycles. The number of rotatable bonds is 2. The fourth-order valence-corrected chi connectivity index (χ4v) is 2.28. The molecule has 0 aliphatic carbocycles. The smallest absolute Gasteiger partial charge is 0.338 e. The molecule has 2 heterocycles. The first-order valence-electron chi connectivity index (χ1n) is 5.98. The van der Waals surface area contributed by atoms with E-state index in [4.69, 9.17) is 23.2 Å². The van der Waals surface area contributed by atoms with Gasteiger partial charge in [0.2, 0.25) is 0 Å². The average Bonchev–Trinajstić information content (AvgIpc) is 2.91. The molecule has 0 atom stereocenters. The second-order valence-corrected chi connectivity index (χ2v) is 5.11. The van der Waals surface area contributed by atoms with Crippen molar-refractivity contribution in [3.8, 4) is 11.4 Å². The minimum Gasteiger partial charge on any atom is -0.465 e. The highest BCUT2D eigenvalue weighted by atomic mass is 35.5. The Hall–Kier alpha value is -2.11.